The number of rotatable bonds is 7. The van der Waals surface area contributed by atoms with Gasteiger partial charge in [0.1, 0.15) is 11.5 Å². The van der Waals surface area contributed by atoms with E-state index >= 15 is 0 Å². The van der Waals surface area contributed by atoms with Crippen molar-refractivity contribution >= 4 is 17.7 Å². The molecule has 0 spiro atoms. The third-order valence-corrected chi connectivity index (χ3v) is 6.22. The van der Waals surface area contributed by atoms with E-state index in [4.69, 9.17) is 15.5 Å². The Morgan fingerprint density at radius 2 is 1.82 bits per heavy atom. The molecule has 0 saturated carbocycles. The summed E-state index contributed by atoms with van der Waals surface area (Å²) in [5, 5.41) is 17.7. The maximum Gasteiger partial charge on any atom is 0.319 e. The molecule has 0 atom stereocenters. The number of nitrogens with two attached hydrogens (primary N) is 1. The standard InChI is InChI=1S/C26H26N10O2/c1-38-25(37)17-34-8-10-35(11-9-34)24-7-3-6-20(29-24)15-36-16-23(32-33-36)22-13-21(30-26(28)31-22)19-5-2-4-18(12-19)14-27/h2-7,12-13,16H,8-11,15,17H2,1H3,(H2,28,30,31). The van der Waals surface area contributed by atoms with Crippen LogP contribution in [0.1, 0.15) is 11.3 Å². The summed E-state index contributed by atoms with van der Waals surface area (Å²) in [4.78, 5) is 29.3. The average Bonchev–Trinajstić information content (AvgIpc) is 3.42. The SMILES string of the molecule is COC(=O)CN1CCN(c2cccc(Cn3cc(-c4cc(-c5cccc(C#N)c5)nc(N)n4)nn3)n2)CC1. The Morgan fingerprint density at radius 3 is 2.61 bits per heavy atom. The van der Waals surface area contributed by atoms with Crippen LogP contribution in [0.4, 0.5) is 11.8 Å². The predicted molar refractivity (Wildman–Crippen MR) is 140 cm³/mol. The number of pyridine rings is 1. The molecule has 1 aliphatic rings. The van der Waals surface area contributed by atoms with Crippen molar-refractivity contribution < 1.29 is 9.53 Å². The Hall–Kier alpha value is -4.89. The number of carbonyl (C=O) groups is 1. The summed E-state index contributed by atoms with van der Waals surface area (Å²) in [6.07, 6.45) is 1.79. The molecule has 1 aromatic carbocycles. The van der Waals surface area contributed by atoms with Crippen LogP contribution in [0.3, 0.4) is 0 Å². The molecule has 0 unspecified atom stereocenters. The summed E-state index contributed by atoms with van der Waals surface area (Å²) in [6.45, 7) is 3.81. The number of nitriles is 1. The molecule has 1 saturated heterocycles. The molecule has 0 aliphatic carbocycles. The highest BCUT2D eigenvalue weighted by Gasteiger charge is 2.20. The van der Waals surface area contributed by atoms with E-state index < -0.39 is 0 Å². The number of carbonyl (C=O) groups excluding carboxylic acids is 1. The van der Waals surface area contributed by atoms with Gasteiger partial charge in [-0.05, 0) is 30.3 Å². The molecule has 4 aromatic rings. The number of methoxy groups -OCH3 is 1. The number of piperazine rings is 1. The van der Waals surface area contributed by atoms with E-state index in [2.05, 4.69) is 36.1 Å². The first-order valence-corrected chi connectivity index (χ1v) is 12.1. The lowest BCUT2D eigenvalue weighted by molar-refractivity contribution is -0.142. The maximum absolute atomic E-state index is 11.5. The van der Waals surface area contributed by atoms with Crippen molar-refractivity contribution in [2.45, 2.75) is 6.54 Å². The highest BCUT2D eigenvalue weighted by molar-refractivity contribution is 5.71. The van der Waals surface area contributed by atoms with E-state index in [9.17, 15) is 10.1 Å². The van der Waals surface area contributed by atoms with Gasteiger partial charge < -0.3 is 15.4 Å². The van der Waals surface area contributed by atoms with Crippen LogP contribution in [-0.2, 0) is 16.1 Å². The highest BCUT2D eigenvalue weighted by atomic mass is 16.5. The van der Waals surface area contributed by atoms with Crippen LogP contribution in [-0.4, -0.2) is 80.6 Å². The number of hydrogen-bond acceptors (Lipinski definition) is 11. The van der Waals surface area contributed by atoms with Crippen LogP contribution >= 0.6 is 0 Å². The molecule has 192 valence electrons. The zero-order valence-corrected chi connectivity index (χ0v) is 20.9. The zero-order chi connectivity index (χ0) is 26.5. The highest BCUT2D eigenvalue weighted by Crippen LogP contribution is 2.24. The minimum Gasteiger partial charge on any atom is -0.468 e. The molecule has 4 heterocycles. The Kier molecular flexibility index (Phi) is 7.19. The van der Waals surface area contributed by atoms with Crippen molar-refractivity contribution in [1.29, 1.82) is 5.26 Å². The van der Waals surface area contributed by atoms with E-state index in [1.807, 2.05) is 24.3 Å². The van der Waals surface area contributed by atoms with Crippen LogP contribution in [0.15, 0.2) is 54.7 Å². The molecule has 12 heteroatoms. The molecular weight excluding hydrogens is 484 g/mol. The summed E-state index contributed by atoms with van der Waals surface area (Å²) in [7, 11) is 1.41. The number of anilines is 2. The van der Waals surface area contributed by atoms with Crippen LogP contribution in [0.5, 0.6) is 0 Å². The fourth-order valence-electron chi connectivity index (χ4n) is 4.27. The largest absolute Gasteiger partial charge is 0.468 e. The topological polar surface area (TPSA) is 152 Å². The van der Waals surface area contributed by atoms with Gasteiger partial charge in [-0.2, -0.15) is 5.26 Å². The quantitative estimate of drug-likeness (QED) is 0.361. The van der Waals surface area contributed by atoms with E-state index in [0.717, 1.165) is 43.3 Å². The third kappa shape index (κ3) is 5.74. The molecule has 38 heavy (non-hydrogen) atoms. The fraction of sp³-hybridized carbons (Fsp3) is 0.269. The Labute approximate surface area is 219 Å². The average molecular weight is 511 g/mol. The van der Waals surface area contributed by atoms with Crippen molar-refractivity contribution in [1.82, 2.24) is 34.8 Å². The van der Waals surface area contributed by atoms with Gasteiger partial charge in [0.2, 0.25) is 5.95 Å². The first-order chi connectivity index (χ1) is 18.5. The molecule has 5 rings (SSSR count). The van der Waals surface area contributed by atoms with E-state index in [1.54, 1.807) is 35.1 Å². The van der Waals surface area contributed by atoms with Crippen molar-refractivity contribution in [3.8, 4) is 28.7 Å². The molecule has 1 fully saturated rings. The molecular formula is C26H26N10O2. The number of benzene rings is 1. The monoisotopic (exact) mass is 510 g/mol. The molecule has 2 N–H and O–H groups in total. The smallest absolute Gasteiger partial charge is 0.319 e. The lowest BCUT2D eigenvalue weighted by Gasteiger charge is -2.34. The predicted octanol–water partition coefficient (Wildman–Crippen LogP) is 1.59. The van der Waals surface area contributed by atoms with Crippen LogP contribution in [0.25, 0.3) is 22.6 Å². The number of ether oxygens (including phenoxy) is 1. The number of aromatic nitrogens is 6. The van der Waals surface area contributed by atoms with Crippen LogP contribution in [0, 0.1) is 11.3 Å². The van der Waals surface area contributed by atoms with Gasteiger partial charge in [0.25, 0.3) is 0 Å². The maximum atomic E-state index is 11.5. The van der Waals surface area contributed by atoms with Crippen molar-refractivity contribution in [2.24, 2.45) is 0 Å². The van der Waals surface area contributed by atoms with Gasteiger partial charge in [-0.1, -0.05) is 23.4 Å². The lowest BCUT2D eigenvalue weighted by Crippen LogP contribution is -2.48. The van der Waals surface area contributed by atoms with Crippen molar-refractivity contribution in [3.63, 3.8) is 0 Å². The number of nitrogen functional groups attached to an aromatic ring is 1. The first kappa shape index (κ1) is 24.8. The van der Waals surface area contributed by atoms with Crippen molar-refractivity contribution in [2.75, 3.05) is 50.5 Å². The second-order valence-corrected chi connectivity index (χ2v) is 8.82. The summed E-state index contributed by atoms with van der Waals surface area (Å²) < 4.78 is 6.46. The number of nitrogens with zero attached hydrogens (tertiary/aromatic N) is 9. The van der Waals surface area contributed by atoms with Gasteiger partial charge in [-0.25, -0.2) is 19.6 Å². The minimum atomic E-state index is -0.222. The van der Waals surface area contributed by atoms with Gasteiger partial charge >= 0.3 is 5.97 Å². The summed E-state index contributed by atoms with van der Waals surface area (Å²) >= 11 is 0. The number of hydrogen-bond donors (Lipinski definition) is 1. The van der Waals surface area contributed by atoms with E-state index in [1.165, 1.54) is 7.11 Å². The fourth-order valence-corrected chi connectivity index (χ4v) is 4.27. The zero-order valence-electron chi connectivity index (χ0n) is 20.9. The van der Waals surface area contributed by atoms with Gasteiger partial charge in [0, 0.05) is 31.7 Å². The molecule has 1 aliphatic heterocycles. The van der Waals surface area contributed by atoms with Crippen LogP contribution in [0.2, 0.25) is 0 Å². The Morgan fingerprint density at radius 1 is 1.03 bits per heavy atom. The van der Waals surface area contributed by atoms with Crippen molar-refractivity contribution in [3.05, 3.63) is 66.0 Å². The Balaban J connectivity index is 1.28. The van der Waals surface area contributed by atoms with Gasteiger partial charge in [0.05, 0.1) is 55.1 Å². The molecule has 0 radical (unpaired) electrons. The van der Waals surface area contributed by atoms with E-state index in [-0.39, 0.29) is 11.9 Å². The van der Waals surface area contributed by atoms with Gasteiger partial charge in [-0.3, -0.25) is 9.69 Å². The van der Waals surface area contributed by atoms with Gasteiger partial charge in [-0.15, -0.1) is 5.10 Å². The molecule has 0 bridgehead atoms. The molecule has 3 aromatic heterocycles. The second-order valence-electron chi connectivity index (χ2n) is 8.82. The third-order valence-electron chi connectivity index (χ3n) is 6.22. The minimum absolute atomic E-state index is 0.107. The lowest BCUT2D eigenvalue weighted by atomic mass is 10.1. The normalized spacial score (nSPS) is 13.7. The summed E-state index contributed by atoms with van der Waals surface area (Å²) in [6, 6.07) is 17.0. The van der Waals surface area contributed by atoms with Gasteiger partial charge in [0.15, 0.2) is 0 Å². The first-order valence-electron chi connectivity index (χ1n) is 12.1. The molecule has 12 nitrogen and oxygen atoms in total. The Bertz CT molecular complexity index is 1490. The second kappa shape index (κ2) is 11.0. The molecule has 0 amide bonds. The number of esters is 1. The summed E-state index contributed by atoms with van der Waals surface area (Å²) in [5.41, 5.74) is 9.80. The van der Waals surface area contributed by atoms with E-state index in [0.29, 0.717) is 35.7 Å². The van der Waals surface area contributed by atoms with Crippen LogP contribution < -0.4 is 10.6 Å². The summed E-state index contributed by atoms with van der Waals surface area (Å²) in [5.74, 6) is 0.767.